The standard InChI is InChI=1S/C63H102O31/c1-22-9-14-63(82-20-22)23(2)36-31(94-63)16-30-28-8-7-26-15-27(10-12-61(26,5)29(28)11-13-62(30,36)6)85-60-54(93-56-46(76)40(70)37(67)24(3)83-56)50(80)52(34(19-66)88-60)91-57-48(78)43(73)51(25(4)84-57)90-59-49(79)44(74)53(92-58-47(77)42(72)39(69)33(18-65)87-58)35(89-59)21-81-55-45(75)41(71)38(68)32(17-64)86-55/h7,22-25,27-60,64-80H,8-21H2,1-6H3. The predicted octanol–water partition coefficient (Wildman–Crippen LogP) is -5.29. The number of rotatable bonds is 16. The lowest BCUT2D eigenvalue weighted by Crippen LogP contribution is -2.68. The lowest BCUT2D eigenvalue weighted by atomic mass is 9.47. The Bertz CT molecular complexity index is 2550. The highest BCUT2D eigenvalue weighted by Crippen LogP contribution is 2.71. The van der Waals surface area contributed by atoms with Gasteiger partial charge in [0, 0.05) is 12.3 Å². The Kier molecular flexibility index (Phi) is 21.8. The molecule has 12 aliphatic rings. The fourth-order valence-corrected chi connectivity index (χ4v) is 18.4. The maximum atomic E-state index is 12.5. The van der Waals surface area contributed by atoms with Crippen molar-refractivity contribution in [2.45, 2.75) is 302 Å². The van der Waals surface area contributed by atoms with E-state index in [1.165, 1.54) is 19.4 Å². The molecule has 540 valence electrons. The fraction of sp³-hybridized carbons (Fsp3) is 0.968. The van der Waals surface area contributed by atoms with Gasteiger partial charge in [-0.1, -0.05) is 39.3 Å². The Morgan fingerprint density at radius 2 is 0.989 bits per heavy atom. The van der Waals surface area contributed by atoms with Crippen LogP contribution in [0.4, 0.5) is 0 Å². The van der Waals surface area contributed by atoms with Gasteiger partial charge < -0.3 is 153 Å². The molecule has 8 heterocycles. The zero-order valence-electron chi connectivity index (χ0n) is 53.7. The van der Waals surface area contributed by atoms with Gasteiger partial charge in [0.15, 0.2) is 43.5 Å². The monoisotopic (exact) mass is 1350 g/mol. The first-order valence-electron chi connectivity index (χ1n) is 33.8. The topological polar surface area (TPSA) is 473 Å². The molecule has 8 saturated heterocycles. The van der Waals surface area contributed by atoms with Gasteiger partial charge in [-0.2, -0.15) is 0 Å². The molecule has 4 aliphatic carbocycles. The molecule has 31 heteroatoms. The number of hydrogen-bond donors (Lipinski definition) is 17. The van der Waals surface area contributed by atoms with Gasteiger partial charge in [-0.25, -0.2) is 0 Å². The molecule has 3 saturated carbocycles. The quantitative estimate of drug-likeness (QED) is 0.0642. The molecule has 12 rings (SSSR count). The second-order valence-corrected chi connectivity index (χ2v) is 29.5. The van der Waals surface area contributed by atoms with E-state index >= 15 is 0 Å². The number of ether oxygens (including phenoxy) is 14. The molecule has 11 fully saturated rings. The first kappa shape index (κ1) is 72.3. The van der Waals surface area contributed by atoms with Crippen molar-refractivity contribution in [3.63, 3.8) is 0 Å². The highest BCUT2D eigenvalue weighted by atomic mass is 16.8. The Balaban J connectivity index is 0.727. The lowest BCUT2D eigenvalue weighted by Gasteiger charge is -2.59. The number of aliphatic hydroxyl groups excluding tert-OH is 17. The number of hydrogen-bond acceptors (Lipinski definition) is 31. The van der Waals surface area contributed by atoms with E-state index in [1.807, 2.05) is 0 Å². The van der Waals surface area contributed by atoms with Crippen LogP contribution in [0, 0.1) is 46.3 Å². The zero-order chi connectivity index (χ0) is 67.5. The third-order valence-corrected chi connectivity index (χ3v) is 24.0. The minimum absolute atomic E-state index is 0.116. The van der Waals surface area contributed by atoms with Gasteiger partial charge in [-0.05, 0) is 106 Å². The van der Waals surface area contributed by atoms with E-state index in [-0.39, 0.29) is 16.9 Å². The highest BCUT2D eigenvalue weighted by molar-refractivity contribution is 5.27. The first-order chi connectivity index (χ1) is 44.6. The molecule has 0 aromatic carbocycles. The molecule has 31 nitrogen and oxygen atoms in total. The summed E-state index contributed by atoms with van der Waals surface area (Å²) in [5, 5.41) is 186. The maximum Gasteiger partial charge on any atom is 0.187 e. The third-order valence-electron chi connectivity index (χ3n) is 24.0. The van der Waals surface area contributed by atoms with Crippen molar-refractivity contribution in [2.75, 3.05) is 33.0 Å². The van der Waals surface area contributed by atoms with Crippen LogP contribution in [0.5, 0.6) is 0 Å². The first-order valence-corrected chi connectivity index (χ1v) is 33.8. The van der Waals surface area contributed by atoms with E-state index < -0.39 is 223 Å². The van der Waals surface area contributed by atoms with Crippen LogP contribution in [-0.4, -0.2) is 322 Å². The molecule has 0 radical (unpaired) electrons. The van der Waals surface area contributed by atoms with Crippen LogP contribution >= 0.6 is 0 Å². The fourth-order valence-electron chi connectivity index (χ4n) is 18.4. The minimum Gasteiger partial charge on any atom is -0.394 e. The van der Waals surface area contributed by atoms with Crippen LogP contribution in [0.15, 0.2) is 11.6 Å². The van der Waals surface area contributed by atoms with E-state index in [0.717, 1.165) is 51.6 Å². The molecule has 0 aromatic heterocycles. The molecule has 0 aromatic rings. The lowest BCUT2D eigenvalue weighted by molar-refractivity contribution is -0.398. The summed E-state index contributed by atoms with van der Waals surface area (Å²) in [7, 11) is 0. The Labute approximate surface area is 544 Å². The Morgan fingerprint density at radius 3 is 1.61 bits per heavy atom. The van der Waals surface area contributed by atoms with Crippen molar-refractivity contribution in [2.24, 2.45) is 46.3 Å². The minimum atomic E-state index is -2.14. The molecular formula is C63H102O31. The maximum absolute atomic E-state index is 12.5. The predicted molar refractivity (Wildman–Crippen MR) is 311 cm³/mol. The number of fused-ring (bicyclic) bond motifs is 7. The van der Waals surface area contributed by atoms with Crippen LogP contribution in [0.1, 0.15) is 99.3 Å². The highest BCUT2D eigenvalue weighted by Gasteiger charge is 2.69. The van der Waals surface area contributed by atoms with Crippen molar-refractivity contribution < 1.29 is 153 Å². The van der Waals surface area contributed by atoms with Gasteiger partial charge in [0.25, 0.3) is 0 Å². The second-order valence-electron chi connectivity index (χ2n) is 29.5. The van der Waals surface area contributed by atoms with Crippen molar-refractivity contribution >= 4 is 0 Å². The van der Waals surface area contributed by atoms with Crippen LogP contribution in [-0.2, 0) is 66.3 Å². The Hall–Kier alpha value is -1.50. The molecule has 0 amide bonds. The second kappa shape index (κ2) is 28.4. The molecule has 0 bridgehead atoms. The molecule has 8 aliphatic heterocycles. The van der Waals surface area contributed by atoms with Crippen molar-refractivity contribution in [3.8, 4) is 0 Å². The molecule has 17 N–H and O–H groups in total. The van der Waals surface area contributed by atoms with Gasteiger partial charge in [-0.3, -0.25) is 0 Å². The molecule has 41 unspecified atom stereocenters. The molecule has 94 heavy (non-hydrogen) atoms. The van der Waals surface area contributed by atoms with Crippen molar-refractivity contribution in [1.82, 2.24) is 0 Å². The van der Waals surface area contributed by atoms with Crippen molar-refractivity contribution in [3.05, 3.63) is 11.6 Å². The van der Waals surface area contributed by atoms with Gasteiger partial charge in [0.1, 0.15) is 134 Å². The summed E-state index contributed by atoms with van der Waals surface area (Å²) in [6.07, 6.45) is -42.8. The summed E-state index contributed by atoms with van der Waals surface area (Å²) in [5.41, 5.74) is 1.24. The van der Waals surface area contributed by atoms with Gasteiger partial charge in [-0.15, -0.1) is 0 Å². The van der Waals surface area contributed by atoms with Gasteiger partial charge in [0.05, 0.1) is 57.5 Å². The summed E-state index contributed by atoms with van der Waals surface area (Å²) < 4.78 is 85.8. The van der Waals surface area contributed by atoms with Crippen LogP contribution < -0.4 is 0 Å². The van der Waals surface area contributed by atoms with E-state index in [2.05, 4.69) is 33.8 Å². The summed E-state index contributed by atoms with van der Waals surface area (Å²) in [6.45, 7) is 9.65. The number of allylic oxidation sites excluding steroid dienone is 1. The average molecular weight is 1360 g/mol. The molecule has 1 spiro atoms. The normalized spacial score (nSPS) is 56.9. The zero-order valence-corrected chi connectivity index (χ0v) is 53.7. The van der Waals surface area contributed by atoms with E-state index in [9.17, 15) is 86.8 Å². The largest absolute Gasteiger partial charge is 0.394 e. The van der Waals surface area contributed by atoms with Crippen LogP contribution in [0.3, 0.4) is 0 Å². The molecular weight excluding hydrogens is 1250 g/mol. The van der Waals surface area contributed by atoms with Gasteiger partial charge >= 0.3 is 0 Å². The average Bonchev–Trinajstić information content (AvgIpc) is 1.50. The summed E-state index contributed by atoms with van der Waals surface area (Å²) >= 11 is 0. The Morgan fingerprint density at radius 1 is 0.468 bits per heavy atom. The summed E-state index contributed by atoms with van der Waals surface area (Å²) in [5.74, 6) is 2.11. The van der Waals surface area contributed by atoms with E-state index in [1.54, 1.807) is 0 Å². The molecule has 41 atom stereocenters. The van der Waals surface area contributed by atoms with E-state index in [0.29, 0.717) is 48.3 Å². The van der Waals surface area contributed by atoms with Crippen LogP contribution in [0.2, 0.25) is 0 Å². The van der Waals surface area contributed by atoms with Crippen LogP contribution in [0.25, 0.3) is 0 Å². The van der Waals surface area contributed by atoms with Crippen molar-refractivity contribution in [1.29, 1.82) is 0 Å². The van der Waals surface area contributed by atoms with Gasteiger partial charge in [0.2, 0.25) is 0 Å². The summed E-state index contributed by atoms with van der Waals surface area (Å²) in [6, 6.07) is 0. The SMILES string of the molecule is CC1CCC2(OC1)OC1CC3C4CC=C5CC(OC6OC(CO)C(OC7OC(C)C(OC8OC(COC9OC(CO)C(O)C(O)C9O)C(OC9OC(CO)C(O)C(O)C9O)C(O)C8O)C(O)C7O)C(O)C6OC6OC(C)C(O)C(O)C6O)CCC5(C)C4CCC3(C)C1C2C. The third kappa shape index (κ3) is 12.9. The van der Waals surface area contributed by atoms with E-state index in [4.69, 9.17) is 66.3 Å². The summed E-state index contributed by atoms with van der Waals surface area (Å²) in [4.78, 5) is 0. The smallest absolute Gasteiger partial charge is 0.187 e. The number of aliphatic hydroxyl groups is 17.